The number of ether oxygens (including phenoxy) is 2. The predicted octanol–water partition coefficient (Wildman–Crippen LogP) is 4.57. The van der Waals surface area contributed by atoms with Gasteiger partial charge >= 0.3 is 5.69 Å². The van der Waals surface area contributed by atoms with Gasteiger partial charge in [-0.3, -0.25) is 14.2 Å². The summed E-state index contributed by atoms with van der Waals surface area (Å²) in [6.45, 7) is 11.7. The van der Waals surface area contributed by atoms with E-state index in [2.05, 4.69) is 33.9 Å². The van der Waals surface area contributed by atoms with Crippen molar-refractivity contribution in [2.45, 2.75) is 58.0 Å². The third kappa shape index (κ3) is 6.84. The maximum atomic E-state index is 14.1. The van der Waals surface area contributed by atoms with E-state index < -0.39 is 20.0 Å². The molecule has 0 saturated carbocycles. The number of carbonyl (C=O) groups is 1. The first-order valence-corrected chi connectivity index (χ1v) is 17.6. The van der Waals surface area contributed by atoms with Gasteiger partial charge in [-0.1, -0.05) is 57.2 Å². The summed E-state index contributed by atoms with van der Waals surface area (Å²) in [7, 11) is 2.43. The molecule has 1 aliphatic rings. The number of methoxy groups -OCH3 is 1. The minimum Gasteiger partial charge on any atom is -0.493 e. The predicted molar refractivity (Wildman–Crippen MR) is 176 cm³/mol. The Bertz CT molecular complexity index is 1670. The molecule has 44 heavy (non-hydrogen) atoms. The number of hydrogen-bond donors (Lipinski definition) is 1. The molecule has 2 aromatic carbocycles. The van der Waals surface area contributed by atoms with Crippen LogP contribution in [-0.2, 0) is 25.1 Å². The summed E-state index contributed by atoms with van der Waals surface area (Å²) < 4.78 is 20.7. The largest absolute Gasteiger partial charge is 0.493 e. The van der Waals surface area contributed by atoms with E-state index >= 15 is 0 Å². The van der Waals surface area contributed by atoms with E-state index in [-0.39, 0.29) is 28.8 Å². The third-order valence-electron chi connectivity index (χ3n) is 8.69. The lowest BCUT2D eigenvalue weighted by molar-refractivity contribution is 0.0654. The lowest BCUT2D eigenvalue weighted by Gasteiger charge is -2.40. The van der Waals surface area contributed by atoms with Gasteiger partial charge < -0.3 is 29.1 Å². The van der Waals surface area contributed by atoms with Crippen LogP contribution in [-0.4, -0.2) is 54.6 Å². The quantitative estimate of drug-likeness (QED) is 0.275. The lowest BCUT2D eigenvalue weighted by Crippen LogP contribution is -2.49. The van der Waals surface area contributed by atoms with Crippen LogP contribution in [0.4, 0.5) is 5.69 Å². The number of amides is 1. The lowest BCUT2D eigenvalue weighted by atomic mass is 9.96. The molecule has 3 aromatic rings. The maximum absolute atomic E-state index is 14.1. The molecule has 236 valence electrons. The molecule has 2 heterocycles. The minimum absolute atomic E-state index is 0.0376. The zero-order valence-corrected chi connectivity index (χ0v) is 28.0. The molecule has 11 heteroatoms. The first-order valence-electron chi connectivity index (χ1n) is 14.7. The van der Waals surface area contributed by atoms with E-state index in [1.165, 1.54) is 18.7 Å². The van der Waals surface area contributed by atoms with Crippen molar-refractivity contribution < 1.29 is 18.7 Å². The Morgan fingerprint density at radius 3 is 2.39 bits per heavy atom. The molecule has 1 unspecified atom stereocenters. The molecule has 4 rings (SSSR count). The van der Waals surface area contributed by atoms with Crippen LogP contribution in [0.25, 0.3) is 5.57 Å². The van der Waals surface area contributed by atoms with Gasteiger partial charge in [0.05, 0.1) is 30.9 Å². The highest BCUT2D eigenvalue weighted by Crippen LogP contribution is 2.38. The van der Waals surface area contributed by atoms with E-state index in [0.717, 1.165) is 15.7 Å². The van der Waals surface area contributed by atoms with E-state index in [1.807, 2.05) is 36.4 Å². The highest BCUT2D eigenvalue weighted by molar-refractivity contribution is 6.74. The highest BCUT2D eigenvalue weighted by Gasteiger charge is 2.39. The van der Waals surface area contributed by atoms with Crippen molar-refractivity contribution in [3.8, 4) is 11.5 Å². The first kappa shape index (κ1) is 32.8. The van der Waals surface area contributed by atoms with Crippen molar-refractivity contribution in [1.82, 2.24) is 14.0 Å². The van der Waals surface area contributed by atoms with Crippen LogP contribution in [0, 0.1) is 0 Å². The second-order valence-corrected chi connectivity index (χ2v) is 17.6. The molecule has 0 aliphatic carbocycles. The van der Waals surface area contributed by atoms with Crippen molar-refractivity contribution in [1.29, 1.82) is 0 Å². The van der Waals surface area contributed by atoms with Crippen molar-refractivity contribution >= 4 is 25.5 Å². The minimum atomic E-state index is -2.18. The van der Waals surface area contributed by atoms with Gasteiger partial charge in [0.25, 0.3) is 11.5 Å². The normalized spacial score (nSPS) is 15.6. The topological polar surface area (TPSA) is 118 Å². The Balaban J connectivity index is 1.69. The number of aryl methyl sites for hydroxylation is 1. The van der Waals surface area contributed by atoms with Gasteiger partial charge in [-0.25, -0.2) is 4.79 Å². The summed E-state index contributed by atoms with van der Waals surface area (Å²) in [4.78, 5) is 41.3. The van der Waals surface area contributed by atoms with E-state index in [9.17, 15) is 14.4 Å². The molecule has 0 fully saturated rings. The van der Waals surface area contributed by atoms with Crippen molar-refractivity contribution in [3.05, 3.63) is 92.3 Å². The van der Waals surface area contributed by atoms with Gasteiger partial charge in [-0.2, -0.15) is 0 Å². The Morgan fingerprint density at radius 2 is 1.75 bits per heavy atom. The molecule has 1 amide bonds. The fraction of sp³-hybridized carbons (Fsp3) is 0.424. The van der Waals surface area contributed by atoms with Crippen LogP contribution in [0.5, 0.6) is 11.5 Å². The summed E-state index contributed by atoms with van der Waals surface area (Å²) in [5.41, 5.74) is 8.43. The van der Waals surface area contributed by atoms with Gasteiger partial charge in [-0.15, -0.1) is 0 Å². The number of benzene rings is 2. The Labute approximate surface area is 259 Å². The number of nitrogens with zero attached hydrogens (tertiary/aromatic N) is 3. The van der Waals surface area contributed by atoms with E-state index in [4.69, 9.17) is 19.6 Å². The van der Waals surface area contributed by atoms with Gasteiger partial charge in [0, 0.05) is 38.6 Å². The molecular formula is C33H44N4O6Si. The molecule has 0 bridgehead atoms. The van der Waals surface area contributed by atoms with Crippen LogP contribution < -0.4 is 26.5 Å². The molecule has 0 saturated heterocycles. The van der Waals surface area contributed by atoms with Crippen LogP contribution >= 0.6 is 0 Å². The van der Waals surface area contributed by atoms with Crippen molar-refractivity contribution in [3.63, 3.8) is 0 Å². The van der Waals surface area contributed by atoms with Gasteiger partial charge in [0.15, 0.2) is 19.8 Å². The average Bonchev–Trinajstić information content (AvgIpc) is 2.99. The van der Waals surface area contributed by atoms with Gasteiger partial charge in [0.2, 0.25) is 0 Å². The average molecular weight is 621 g/mol. The number of aromatic nitrogens is 2. The summed E-state index contributed by atoms with van der Waals surface area (Å²) in [6.07, 6.45) is 3.91. The molecule has 2 N–H and O–H groups in total. The zero-order chi connectivity index (χ0) is 32.4. The van der Waals surface area contributed by atoms with Gasteiger partial charge in [0.1, 0.15) is 6.61 Å². The first-order chi connectivity index (χ1) is 20.6. The zero-order valence-electron chi connectivity index (χ0n) is 27.0. The molecule has 0 spiro atoms. The van der Waals surface area contributed by atoms with E-state index in [0.29, 0.717) is 42.2 Å². The fourth-order valence-electron chi connectivity index (χ4n) is 4.89. The standard InChI is InChI=1S/C33H44N4O6Si/c1-33(2,3)44(7,8)43-21-24-16-23(26-19-35(4)32(40)36(5)30(26)38)14-15-37(24)31(39)25-17-28(41-6)29(18-27(25)34)42-20-22-12-10-9-11-13-22/h9-13,16-19,24H,14-15,20-21,34H2,1-8H3. The summed E-state index contributed by atoms with van der Waals surface area (Å²) in [5.74, 6) is 0.562. The molecule has 0 radical (unpaired) electrons. The number of hydrogen-bond acceptors (Lipinski definition) is 7. The van der Waals surface area contributed by atoms with Crippen LogP contribution in [0.15, 0.2) is 64.3 Å². The van der Waals surface area contributed by atoms with Crippen molar-refractivity contribution in [2.75, 3.05) is 26.0 Å². The maximum Gasteiger partial charge on any atom is 0.330 e. The fourth-order valence-corrected chi connectivity index (χ4v) is 5.91. The highest BCUT2D eigenvalue weighted by atomic mass is 28.4. The van der Waals surface area contributed by atoms with Crippen molar-refractivity contribution in [2.24, 2.45) is 14.1 Å². The molecule has 10 nitrogen and oxygen atoms in total. The number of rotatable bonds is 9. The van der Waals surface area contributed by atoms with Crippen LogP contribution in [0.2, 0.25) is 18.1 Å². The smallest absolute Gasteiger partial charge is 0.330 e. The number of nitrogen functional groups attached to an aromatic ring is 1. The number of anilines is 1. The van der Waals surface area contributed by atoms with Crippen LogP contribution in [0.3, 0.4) is 0 Å². The monoisotopic (exact) mass is 620 g/mol. The molecule has 1 aliphatic heterocycles. The van der Waals surface area contributed by atoms with Crippen LogP contribution in [0.1, 0.15) is 48.7 Å². The number of nitrogens with two attached hydrogens (primary N) is 1. The Hall–Kier alpha value is -4.09. The second kappa shape index (κ2) is 12.9. The second-order valence-electron chi connectivity index (χ2n) is 12.7. The molecular weight excluding hydrogens is 576 g/mol. The molecule has 1 aromatic heterocycles. The number of carbonyl (C=O) groups excluding carboxylic acids is 1. The summed E-state index contributed by atoms with van der Waals surface area (Å²) >= 11 is 0. The Morgan fingerprint density at radius 1 is 1.07 bits per heavy atom. The van der Waals surface area contributed by atoms with E-state index in [1.54, 1.807) is 30.3 Å². The Kier molecular flexibility index (Phi) is 9.60. The summed E-state index contributed by atoms with van der Waals surface area (Å²) in [6, 6.07) is 12.5. The van der Waals surface area contributed by atoms with Gasteiger partial charge in [-0.05, 0) is 41.8 Å². The summed E-state index contributed by atoms with van der Waals surface area (Å²) in [5, 5.41) is -0.0376. The SMILES string of the molecule is COc1cc(C(=O)N2CCC(c3cn(C)c(=O)n(C)c3=O)=CC2CO[Si](C)(C)C(C)(C)C)c(N)cc1OCc1ccccc1. The third-order valence-corrected chi connectivity index (χ3v) is 13.2. The molecule has 1 atom stereocenters.